The summed E-state index contributed by atoms with van der Waals surface area (Å²) in [5.74, 6) is 0.799. The maximum absolute atomic E-state index is 12.0. The number of thiophene rings is 1. The average molecular weight is 353 g/mol. The summed E-state index contributed by atoms with van der Waals surface area (Å²) in [4.78, 5) is 17.5. The number of methoxy groups -OCH3 is 1. The molecule has 2 aromatic heterocycles. The van der Waals surface area contributed by atoms with Crippen LogP contribution in [0, 0.1) is 0 Å². The number of rotatable bonds is 6. The van der Waals surface area contributed by atoms with E-state index in [9.17, 15) is 4.79 Å². The molecule has 0 bridgehead atoms. The number of amides is 2. The SMILES string of the molecule is COc1ccc(CNC(=O)NCc2ccnc(-c3cccs3)c2)cc1. The van der Waals surface area contributed by atoms with Gasteiger partial charge >= 0.3 is 6.03 Å². The van der Waals surface area contributed by atoms with Gasteiger partial charge in [0, 0.05) is 19.3 Å². The topological polar surface area (TPSA) is 63.2 Å². The zero-order valence-corrected chi connectivity index (χ0v) is 14.7. The van der Waals surface area contributed by atoms with Gasteiger partial charge in [0.1, 0.15) is 5.75 Å². The van der Waals surface area contributed by atoms with E-state index in [1.165, 1.54) is 0 Å². The fourth-order valence-corrected chi connectivity index (χ4v) is 3.01. The van der Waals surface area contributed by atoms with Crippen LogP contribution in [0.3, 0.4) is 0 Å². The number of nitrogens with zero attached hydrogens (tertiary/aromatic N) is 1. The largest absolute Gasteiger partial charge is 0.497 e. The minimum atomic E-state index is -0.203. The monoisotopic (exact) mass is 353 g/mol. The van der Waals surface area contributed by atoms with E-state index in [0.717, 1.165) is 27.4 Å². The van der Waals surface area contributed by atoms with Gasteiger partial charge in [0.25, 0.3) is 0 Å². The minimum absolute atomic E-state index is 0.203. The molecule has 0 saturated heterocycles. The molecule has 0 atom stereocenters. The van der Waals surface area contributed by atoms with Crippen LogP contribution in [0.5, 0.6) is 5.75 Å². The summed E-state index contributed by atoms with van der Waals surface area (Å²) in [5.41, 5.74) is 2.95. The molecule has 0 aliphatic carbocycles. The summed E-state index contributed by atoms with van der Waals surface area (Å²) >= 11 is 1.65. The smallest absolute Gasteiger partial charge is 0.315 e. The van der Waals surface area contributed by atoms with E-state index >= 15 is 0 Å². The Hall–Kier alpha value is -2.86. The number of carbonyl (C=O) groups is 1. The third-order valence-corrected chi connectivity index (χ3v) is 4.56. The van der Waals surface area contributed by atoms with Crippen molar-refractivity contribution in [2.75, 3.05) is 7.11 Å². The van der Waals surface area contributed by atoms with E-state index in [1.54, 1.807) is 24.6 Å². The molecule has 0 saturated carbocycles. The fraction of sp³-hybridized carbons (Fsp3) is 0.158. The summed E-state index contributed by atoms with van der Waals surface area (Å²) < 4.78 is 5.11. The number of benzene rings is 1. The van der Waals surface area contributed by atoms with Gasteiger partial charge in [0.2, 0.25) is 0 Å². The fourth-order valence-electron chi connectivity index (χ4n) is 2.31. The number of hydrogen-bond acceptors (Lipinski definition) is 4. The first-order chi connectivity index (χ1) is 12.2. The summed E-state index contributed by atoms with van der Waals surface area (Å²) in [6, 6.07) is 15.3. The second-order valence-corrected chi connectivity index (χ2v) is 6.36. The van der Waals surface area contributed by atoms with Crippen molar-refractivity contribution in [3.8, 4) is 16.3 Å². The predicted octanol–water partition coefficient (Wildman–Crippen LogP) is 3.82. The molecular formula is C19H19N3O2S. The van der Waals surface area contributed by atoms with Gasteiger partial charge in [-0.1, -0.05) is 18.2 Å². The van der Waals surface area contributed by atoms with Crippen LogP contribution in [0.2, 0.25) is 0 Å². The Morgan fingerprint density at radius 3 is 2.52 bits per heavy atom. The van der Waals surface area contributed by atoms with Gasteiger partial charge in [-0.25, -0.2) is 4.79 Å². The first kappa shape index (κ1) is 17.0. The third-order valence-electron chi connectivity index (χ3n) is 3.66. The lowest BCUT2D eigenvalue weighted by molar-refractivity contribution is 0.240. The van der Waals surface area contributed by atoms with Crippen LogP contribution in [0.1, 0.15) is 11.1 Å². The van der Waals surface area contributed by atoms with Gasteiger partial charge in [-0.15, -0.1) is 11.3 Å². The second kappa shape index (κ2) is 8.30. The van der Waals surface area contributed by atoms with Crippen molar-refractivity contribution in [1.29, 1.82) is 0 Å². The number of ether oxygens (including phenoxy) is 1. The Morgan fingerprint density at radius 2 is 1.84 bits per heavy atom. The molecule has 0 radical (unpaired) electrons. The number of aromatic nitrogens is 1. The molecule has 1 aromatic carbocycles. The maximum Gasteiger partial charge on any atom is 0.315 e. The zero-order chi connectivity index (χ0) is 17.5. The molecule has 0 fully saturated rings. The first-order valence-corrected chi connectivity index (χ1v) is 8.76. The molecule has 6 heteroatoms. The van der Waals surface area contributed by atoms with Crippen molar-refractivity contribution in [1.82, 2.24) is 15.6 Å². The molecule has 2 N–H and O–H groups in total. The van der Waals surface area contributed by atoms with E-state index in [2.05, 4.69) is 15.6 Å². The molecule has 128 valence electrons. The standard InChI is InChI=1S/C19H19N3O2S/c1-24-16-6-4-14(5-7-16)12-21-19(23)22-13-15-8-9-20-17(11-15)18-3-2-10-25-18/h2-11H,12-13H2,1H3,(H2,21,22,23). The van der Waals surface area contributed by atoms with E-state index in [4.69, 9.17) is 4.74 Å². The molecule has 3 aromatic rings. The Kier molecular flexibility index (Phi) is 5.64. The molecule has 5 nitrogen and oxygen atoms in total. The van der Waals surface area contributed by atoms with Crippen molar-refractivity contribution >= 4 is 17.4 Å². The predicted molar refractivity (Wildman–Crippen MR) is 99.6 cm³/mol. The van der Waals surface area contributed by atoms with Crippen LogP contribution >= 0.6 is 11.3 Å². The number of urea groups is 1. The van der Waals surface area contributed by atoms with Gasteiger partial charge in [0.05, 0.1) is 17.7 Å². The van der Waals surface area contributed by atoms with Crippen LogP contribution in [0.15, 0.2) is 60.1 Å². The van der Waals surface area contributed by atoms with E-state index in [0.29, 0.717) is 13.1 Å². The number of hydrogen-bond donors (Lipinski definition) is 2. The highest BCUT2D eigenvalue weighted by Gasteiger charge is 2.04. The Bertz CT molecular complexity index is 817. The minimum Gasteiger partial charge on any atom is -0.497 e. The van der Waals surface area contributed by atoms with Crippen molar-refractivity contribution < 1.29 is 9.53 Å². The van der Waals surface area contributed by atoms with Crippen LogP contribution in [-0.4, -0.2) is 18.1 Å². The van der Waals surface area contributed by atoms with E-state index in [1.807, 2.05) is 53.9 Å². The molecule has 2 amide bonds. The van der Waals surface area contributed by atoms with Gasteiger partial charge in [-0.3, -0.25) is 4.98 Å². The molecule has 0 aliphatic rings. The van der Waals surface area contributed by atoms with Crippen molar-refractivity contribution in [2.24, 2.45) is 0 Å². The normalized spacial score (nSPS) is 10.3. The summed E-state index contributed by atoms with van der Waals surface area (Å²) in [5, 5.41) is 7.73. The van der Waals surface area contributed by atoms with Crippen molar-refractivity contribution in [3.05, 3.63) is 71.2 Å². The Labute approximate surface area is 150 Å². The Morgan fingerprint density at radius 1 is 1.08 bits per heavy atom. The quantitative estimate of drug-likeness (QED) is 0.708. The van der Waals surface area contributed by atoms with E-state index in [-0.39, 0.29) is 6.03 Å². The van der Waals surface area contributed by atoms with Crippen LogP contribution in [0.25, 0.3) is 10.6 Å². The molecule has 0 unspecified atom stereocenters. The van der Waals surface area contributed by atoms with Crippen LogP contribution in [-0.2, 0) is 13.1 Å². The van der Waals surface area contributed by atoms with Crippen molar-refractivity contribution in [2.45, 2.75) is 13.1 Å². The number of carbonyl (C=O) groups excluding carboxylic acids is 1. The third kappa shape index (κ3) is 4.81. The van der Waals surface area contributed by atoms with Gasteiger partial charge in [-0.2, -0.15) is 0 Å². The highest BCUT2D eigenvalue weighted by Crippen LogP contribution is 2.22. The van der Waals surface area contributed by atoms with Gasteiger partial charge in [0.15, 0.2) is 0 Å². The second-order valence-electron chi connectivity index (χ2n) is 5.41. The lowest BCUT2D eigenvalue weighted by Crippen LogP contribution is -2.34. The summed E-state index contributed by atoms with van der Waals surface area (Å²) in [6.45, 7) is 0.919. The summed E-state index contributed by atoms with van der Waals surface area (Å²) in [6.07, 6.45) is 1.77. The van der Waals surface area contributed by atoms with Gasteiger partial charge in [-0.05, 0) is 46.8 Å². The van der Waals surface area contributed by atoms with Crippen molar-refractivity contribution in [3.63, 3.8) is 0 Å². The molecule has 2 heterocycles. The average Bonchev–Trinajstić information content (AvgIpc) is 3.20. The molecule has 0 aliphatic heterocycles. The van der Waals surface area contributed by atoms with E-state index < -0.39 is 0 Å². The molecule has 0 spiro atoms. The lowest BCUT2D eigenvalue weighted by Gasteiger charge is -2.09. The first-order valence-electron chi connectivity index (χ1n) is 7.88. The van der Waals surface area contributed by atoms with Gasteiger partial charge < -0.3 is 15.4 Å². The Balaban J connectivity index is 1.49. The molecular weight excluding hydrogens is 334 g/mol. The highest BCUT2D eigenvalue weighted by molar-refractivity contribution is 7.13. The number of nitrogens with one attached hydrogen (secondary N) is 2. The lowest BCUT2D eigenvalue weighted by atomic mass is 10.2. The number of pyridine rings is 1. The zero-order valence-electron chi connectivity index (χ0n) is 13.9. The van der Waals surface area contributed by atoms with Crippen LogP contribution in [0.4, 0.5) is 4.79 Å². The van der Waals surface area contributed by atoms with Crippen LogP contribution < -0.4 is 15.4 Å². The molecule has 25 heavy (non-hydrogen) atoms. The molecule has 3 rings (SSSR count). The summed E-state index contributed by atoms with van der Waals surface area (Å²) in [7, 11) is 1.63. The highest BCUT2D eigenvalue weighted by atomic mass is 32.1. The maximum atomic E-state index is 12.0.